The van der Waals surface area contributed by atoms with E-state index in [4.69, 9.17) is 15.2 Å². The van der Waals surface area contributed by atoms with Crippen molar-refractivity contribution in [3.8, 4) is 5.75 Å². The molecule has 0 amide bonds. The van der Waals surface area contributed by atoms with Gasteiger partial charge in [-0.05, 0) is 49.9 Å². The number of benzene rings is 1. The monoisotopic (exact) mass is 237 g/mol. The summed E-state index contributed by atoms with van der Waals surface area (Å²) < 4.78 is 10.4. The van der Waals surface area contributed by atoms with Crippen molar-refractivity contribution in [1.82, 2.24) is 0 Å². The highest BCUT2D eigenvalue weighted by atomic mass is 16.5. The van der Waals surface area contributed by atoms with E-state index in [0.29, 0.717) is 0 Å². The van der Waals surface area contributed by atoms with Gasteiger partial charge in [-0.1, -0.05) is 6.07 Å². The average molecular weight is 237 g/mol. The van der Waals surface area contributed by atoms with Gasteiger partial charge in [0.25, 0.3) is 0 Å². The van der Waals surface area contributed by atoms with E-state index in [1.54, 1.807) is 14.2 Å². The van der Waals surface area contributed by atoms with Gasteiger partial charge in [0.05, 0.1) is 13.2 Å². The third kappa shape index (κ3) is 4.02. The van der Waals surface area contributed by atoms with Crippen LogP contribution in [-0.2, 0) is 4.74 Å². The molecular weight excluding hydrogens is 214 g/mol. The molecule has 0 saturated carbocycles. The highest BCUT2D eigenvalue weighted by molar-refractivity contribution is 5.36. The molecule has 0 aromatic heterocycles. The van der Waals surface area contributed by atoms with Crippen LogP contribution in [-0.4, -0.2) is 20.3 Å². The summed E-state index contributed by atoms with van der Waals surface area (Å²) in [6.45, 7) is 4.13. The van der Waals surface area contributed by atoms with E-state index in [-0.39, 0.29) is 12.1 Å². The van der Waals surface area contributed by atoms with Crippen LogP contribution in [0.4, 0.5) is 0 Å². The smallest absolute Gasteiger partial charge is 0.119 e. The van der Waals surface area contributed by atoms with Gasteiger partial charge in [0.1, 0.15) is 5.75 Å². The van der Waals surface area contributed by atoms with Crippen molar-refractivity contribution in [3.05, 3.63) is 29.3 Å². The van der Waals surface area contributed by atoms with E-state index in [0.717, 1.165) is 18.6 Å². The number of methoxy groups -OCH3 is 2. The molecule has 0 aliphatic rings. The van der Waals surface area contributed by atoms with Gasteiger partial charge in [0.2, 0.25) is 0 Å². The van der Waals surface area contributed by atoms with Gasteiger partial charge in [0.15, 0.2) is 0 Å². The molecule has 0 spiro atoms. The Morgan fingerprint density at radius 1 is 1.24 bits per heavy atom. The van der Waals surface area contributed by atoms with Crippen molar-refractivity contribution in [3.63, 3.8) is 0 Å². The van der Waals surface area contributed by atoms with Gasteiger partial charge >= 0.3 is 0 Å². The third-order valence-corrected chi connectivity index (χ3v) is 3.16. The number of aryl methyl sites for hydroxylation is 1. The molecule has 2 atom stereocenters. The Labute approximate surface area is 104 Å². The normalized spacial score (nSPS) is 14.4. The molecule has 1 aromatic carbocycles. The van der Waals surface area contributed by atoms with E-state index < -0.39 is 0 Å². The fraction of sp³-hybridized carbons (Fsp3) is 0.571. The minimum absolute atomic E-state index is 0.0681. The average Bonchev–Trinajstić information content (AvgIpc) is 2.35. The number of nitrogens with two attached hydrogens (primary N) is 1. The fourth-order valence-corrected chi connectivity index (χ4v) is 1.88. The standard InChI is InChI=1S/C14H23NO2/c1-10-9-12(17-4)6-7-13(10)14(15)8-5-11(2)16-3/h6-7,9,11,14H,5,8,15H2,1-4H3. The Bertz CT molecular complexity index is 352. The maximum absolute atomic E-state index is 6.19. The maximum atomic E-state index is 6.19. The predicted molar refractivity (Wildman–Crippen MR) is 70.4 cm³/mol. The summed E-state index contributed by atoms with van der Waals surface area (Å²) in [5, 5.41) is 0. The predicted octanol–water partition coefficient (Wildman–Crippen LogP) is 2.82. The first-order valence-corrected chi connectivity index (χ1v) is 6.01. The van der Waals surface area contributed by atoms with Gasteiger partial charge in [-0.25, -0.2) is 0 Å². The molecule has 1 rings (SSSR count). The molecule has 0 heterocycles. The van der Waals surface area contributed by atoms with E-state index >= 15 is 0 Å². The summed E-state index contributed by atoms with van der Waals surface area (Å²) in [5.41, 5.74) is 8.57. The molecule has 1 aromatic rings. The zero-order valence-corrected chi connectivity index (χ0v) is 11.2. The molecule has 0 aliphatic heterocycles. The van der Waals surface area contributed by atoms with E-state index in [2.05, 4.69) is 19.9 Å². The summed E-state index contributed by atoms with van der Waals surface area (Å²) in [5.74, 6) is 0.878. The van der Waals surface area contributed by atoms with Crippen molar-refractivity contribution in [2.45, 2.75) is 38.8 Å². The minimum Gasteiger partial charge on any atom is -0.497 e. The molecule has 17 heavy (non-hydrogen) atoms. The second-order valence-corrected chi connectivity index (χ2v) is 4.45. The Kier molecular flexibility index (Phi) is 5.45. The van der Waals surface area contributed by atoms with Crippen LogP contribution in [0, 0.1) is 6.92 Å². The number of hydrogen-bond acceptors (Lipinski definition) is 3. The Hall–Kier alpha value is -1.06. The lowest BCUT2D eigenvalue weighted by atomic mass is 9.97. The quantitative estimate of drug-likeness (QED) is 0.827. The van der Waals surface area contributed by atoms with Crippen molar-refractivity contribution in [2.24, 2.45) is 5.73 Å². The first kappa shape index (κ1) is 14.0. The van der Waals surface area contributed by atoms with Gasteiger partial charge in [0, 0.05) is 13.2 Å². The van der Waals surface area contributed by atoms with Crippen molar-refractivity contribution in [1.29, 1.82) is 0 Å². The molecule has 0 aliphatic carbocycles. The molecule has 3 heteroatoms. The van der Waals surface area contributed by atoms with Crippen molar-refractivity contribution in [2.75, 3.05) is 14.2 Å². The van der Waals surface area contributed by atoms with Crippen LogP contribution in [0.15, 0.2) is 18.2 Å². The van der Waals surface area contributed by atoms with Crippen LogP contribution in [0.25, 0.3) is 0 Å². The highest BCUT2D eigenvalue weighted by Gasteiger charge is 2.11. The Morgan fingerprint density at radius 3 is 2.47 bits per heavy atom. The summed E-state index contributed by atoms with van der Waals surface area (Å²) in [7, 11) is 3.41. The Balaban J connectivity index is 2.65. The summed E-state index contributed by atoms with van der Waals surface area (Å²) >= 11 is 0. The van der Waals surface area contributed by atoms with Gasteiger partial charge in [-0.3, -0.25) is 0 Å². The van der Waals surface area contributed by atoms with Gasteiger partial charge in [-0.2, -0.15) is 0 Å². The summed E-state index contributed by atoms with van der Waals surface area (Å²) in [6.07, 6.45) is 2.17. The number of ether oxygens (including phenoxy) is 2. The Morgan fingerprint density at radius 2 is 1.94 bits per heavy atom. The molecule has 96 valence electrons. The summed E-state index contributed by atoms with van der Waals surface area (Å²) in [6, 6.07) is 6.10. The van der Waals surface area contributed by atoms with Gasteiger partial charge < -0.3 is 15.2 Å². The first-order valence-electron chi connectivity index (χ1n) is 6.01. The van der Waals surface area contributed by atoms with Crippen LogP contribution in [0.1, 0.15) is 36.9 Å². The molecule has 2 unspecified atom stereocenters. The zero-order valence-electron chi connectivity index (χ0n) is 11.2. The molecule has 0 bridgehead atoms. The topological polar surface area (TPSA) is 44.5 Å². The number of hydrogen-bond donors (Lipinski definition) is 1. The number of rotatable bonds is 6. The third-order valence-electron chi connectivity index (χ3n) is 3.16. The molecule has 2 N–H and O–H groups in total. The van der Waals surface area contributed by atoms with Crippen LogP contribution in [0.3, 0.4) is 0 Å². The highest BCUT2D eigenvalue weighted by Crippen LogP contribution is 2.24. The van der Waals surface area contributed by atoms with Gasteiger partial charge in [-0.15, -0.1) is 0 Å². The zero-order chi connectivity index (χ0) is 12.8. The molecule has 3 nitrogen and oxygen atoms in total. The van der Waals surface area contributed by atoms with Crippen molar-refractivity contribution < 1.29 is 9.47 Å². The second-order valence-electron chi connectivity index (χ2n) is 4.45. The van der Waals surface area contributed by atoms with E-state index in [1.807, 2.05) is 12.1 Å². The largest absolute Gasteiger partial charge is 0.497 e. The lowest BCUT2D eigenvalue weighted by Gasteiger charge is -2.17. The summed E-state index contributed by atoms with van der Waals surface area (Å²) in [4.78, 5) is 0. The van der Waals surface area contributed by atoms with Crippen LogP contribution < -0.4 is 10.5 Å². The first-order chi connectivity index (χ1) is 8.08. The van der Waals surface area contributed by atoms with Crippen molar-refractivity contribution >= 4 is 0 Å². The lowest BCUT2D eigenvalue weighted by Crippen LogP contribution is -2.15. The molecule has 0 fully saturated rings. The van der Waals surface area contributed by atoms with Crippen LogP contribution in [0.5, 0.6) is 5.75 Å². The van der Waals surface area contributed by atoms with E-state index in [9.17, 15) is 0 Å². The van der Waals surface area contributed by atoms with E-state index in [1.165, 1.54) is 11.1 Å². The fourth-order valence-electron chi connectivity index (χ4n) is 1.88. The maximum Gasteiger partial charge on any atom is 0.119 e. The second kappa shape index (κ2) is 6.62. The molecular formula is C14H23NO2. The minimum atomic E-state index is 0.0681. The van der Waals surface area contributed by atoms with Crippen LogP contribution in [0.2, 0.25) is 0 Å². The SMILES string of the molecule is COc1ccc(C(N)CCC(C)OC)c(C)c1. The lowest BCUT2D eigenvalue weighted by molar-refractivity contribution is 0.107. The molecule has 0 saturated heterocycles. The molecule has 0 radical (unpaired) electrons. The van der Waals surface area contributed by atoms with Crippen LogP contribution >= 0.6 is 0 Å².